The van der Waals surface area contributed by atoms with E-state index in [-0.39, 0.29) is 11.4 Å². The van der Waals surface area contributed by atoms with Crippen molar-refractivity contribution < 1.29 is 8.42 Å². The van der Waals surface area contributed by atoms with Crippen LogP contribution >= 0.6 is 15.9 Å². The number of nitrogens with one attached hydrogen (secondary N) is 2. The highest BCUT2D eigenvalue weighted by molar-refractivity contribution is 9.10. The number of aromatic amines is 1. The molecule has 6 nitrogen and oxygen atoms in total. The Morgan fingerprint density at radius 2 is 2.10 bits per heavy atom. The Balaban J connectivity index is 2.27. The van der Waals surface area contributed by atoms with Crippen LogP contribution in [0.4, 0.5) is 5.69 Å². The maximum atomic E-state index is 12.3. The Bertz CT molecular complexity index is 740. The van der Waals surface area contributed by atoms with Crippen molar-refractivity contribution in [3.63, 3.8) is 0 Å². The van der Waals surface area contributed by atoms with E-state index in [0.29, 0.717) is 15.7 Å². The molecule has 1 aromatic carbocycles. The first-order valence-corrected chi connectivity index (χ1v) is 8.13. The highest BCUT2D eigenvalue weighted by Crippen LogP contribution is 2.26. The van der Waals surface area contributed by atoms with Gasteiger partial charge in [-0.3, -0.25) is 5.10 Å². The molecular weight excluding hydrogens is 344 g/mol. The second-order valence-corrected chi connectivity index (χ2v) is 7.07. The minimum Gasteiger partial charge on any atom is -0.398 e. The van der Waals surface area contributed by atoms with Gasteiger partial charge in [-0.25, -0.2) is 13.1 Å². The standard InChI is InChI=1S/C12H15BrN4O2S/c1-7-3-10(13)11(14)4-12(7)20(18,19)16-6-9-5-15-17-8(9)2/h3-5,16H,6,14H2,1-2H3,(H,15,17). The van der Waals surface area contributed by atoms with Gasteiger partial charge in [-0.15, -0.1) is 0 Å². The Kier molecular flexibility index (Phi) is 4.17. The lowest BCUT2D eigenvalue weighted by atomic mass is 10.2. The van der Waals surface area contributed by atoms with Gasteiger partial charge in [0.05, 0.1) is 11.1 Å². The lowest BCUT2D eigenvalue weighted by molar-refractivity contribution is 0.580. The molecule has 20 heavy (non-hydrogen) atoms. The van der Waals surface area contributed by atoms with Gasteiger partial charge in [0.1, 0.15) is 0 Å². The number of benzene rings is 1. The van der Waals surface area contributed by atoms with Crippen molar-refractivity contribution in [2.75, 3.05) is 5.73 Å². The van der Waals surface area contributed by atoms with Gasteiger partial charge in [-0.05, 0) is 47.5 Å². The summed E-state index contributed by atoms with van der Waals surface area (Å²) < 4.78 is 27.8. The molecule has 1 aromatic heterocycles. The molecule has 0 spiro atoms. The van der Waals surface area contributed by atoms with Crippen molar-refractivity contribution in [2.24, 2.45) is 0 Å². The second kappa shape index (κ2) is 5.55. The van der Waals surface area contributed by atoms with E-state index in [1.54, 1.807) is 19.2 Å². The Morgan fingerprint density at radius 1 is 1.40 bits per heavy atom. The van der Waals surface area contributed by atoms with Crippen molar-refractivity contribution in [3.05, 3.63) is 39.6 Å². The zero-order valence-electron chi connectivity index (χ0n) is 11.1. The predicted octanol–water partition coefficient (Wildman–Crippen LogP) is 1.85. The molecule has 0 aliphatic heterocycles. The zero-order chi connectivity index (χ0) is 14.9. The van der Waals surface area contributed by atoms with Crippen molar-refractivity contribution in [1.29, 1.82) is 0 Å². The minimum absolute atomic E-state index is 0.180. The topological polar surface area (TPSA) is 101 Å². The summed E-state index contributed by atoms with van der Waals surface area (Å²) in [6.45, 7) is 3.74. The van der Waals surface area contributed by atoms with Gasteiger partial charge in [0.15, 0.2) is 0 Å². The fraction of sp³-hybridized carbons (Fsp3) is 0.250. The molecule has 0 aliphatic rings. The maximum Gasteiger partial charge on any atom is 0.241 e. The van der Waals surface area contributed by atoms with E-state index < -0.39 is 10.0 Å². The van der Waals surface area contributed by atoms with Gasteiger partial charge in [0.25, 0.3) is 0 Å². The number of rotatable bonds is 4. The summed E-state index contributed by atoms with van der Waals surface area (Å²) >= 11 is 3.27. The monoisotopic (exact) mass is 358 g/mol. The number of nitrogens with zero attached hydrogens (tertiary/aromatic N) is 1. The van der Waals surface area contributed by atoms with Crippen LogP contribution in [0.15, 0.2) is 27.7 Å². The molecule has 0 unspecified atom stereocenters. The first-order chi connectivity index (χ1) is 9.31. The maximum absolute atomic E-state index is 12.3. The molecule has 2 aromatic rings. The van der Waals surface area contributed by atoms with Crippen molar-refractivity contribution in [2.45, 2.75) is 25.3 Å². The number of hydrogen-bond acceptors (Lipinski definition) is 4. The van der Waals surface area contributed by atoms with E-state index >= 15 is 0 Å². The molecule has 0 saturated carbocycles. The number of sulfonamides is 1. The van der Waals surface area contributed by atoms with E-state index in [1.165, 1.54) is 6.07 Å². The molecule has 2 rings (SSSR count). The molecule has 0 fully saturated rings. The molecule has 1 heterocycles. The van der Waals surface area contributed by atoms with Gasteiger partial charge >= 0.3 is 0 Å². The van der Waals surface area contributed by atoms with Crippen LogP contribution < -0.4 is 10.5 Å². The summed E-state index contributed by atoms with van der Waals surface area (Å²) in [5.74, 6) is 0. The lowest BCUT2D eigenvalue weighted by Crippen LogP contribution is -2.24. The van der Waals surface area contributed by atoms with E-state index in [0.717, 1.165) is 11.3 Å². The van der Waals surface area contributed by atoms with Crippen LogP contribution in [0.1, 0.15) is 16.8 Å². The second-order valence-electron chi connectivity index (χ2n) is 4.48. The third-order valence-electron chi connectivity index (χ3n) is 2.97. The molecule has 0 atom stereocenters. The van der Waals surface area contributed by atoms with E-state index in [2.05, 4.69) is 30.8 Å². The quantitative estimate of drug-likeness (QED) is 0.725. The number of anilines is 1. The summed E-state index contributed by atoms with van der Waals surface area (Å²) in [5.41, 5.74) is 8.39. The molecule has 0 bridgehead atoms. The summed E-state index contributed by atoms with van der Waals surface area (Å²) in [6, 6.07) is 3.14. The van der Waals surface area contributed by atoms with Crippen molar-refractivity contribution >= 4 is 31.6 Å². The molecule has 0 saturated heterocycles. The molecule has 0 aliphatic carbocycles. The number of H-pyrrole nitrogens is 1. The molecule has 0 radical (unpaired) electrons. The highest BCUT2D eigenvalue weighted by atomic mass is 79.9. The number of halogens is 1. The number of nitrogens with two attached hydrogens (primary N) is 1. The van der Waals surface area contributed by atoms with Gasteiger partial charge in [-0.1, -0.05) is 0 Å². The third kappa shape index (κ3) is 3.02. The predicted molar refractivity (Wildman–Crippen MR) is 80.6 cm³/mol. The van der Waals surface area contributed by atoms with Crippen LogP contribution in [0.3, 0.4) is 0 Å². The van der Waals surface area contributed by atoms with Crippen LogP contribution in [0.2, 0.25) is 0 Å². The summed E-state index contributed by atoms with van der Waals surface area (Å²) in [7, 11) is -3.62. The summed E-state index contributed by atoms with van der Waals surface area (Å²) in [5, 5.41) is 6.61. The van der Waals surface area contributed by atoms with Crippen molar-refractivity contribution in [3.8, 4) is 0 Å². The highest BCUT2D eigenvalue weighted by Gasteiger charge is 2.18. The first kappa shape index (κ1) is 15.0. The van der Waals surface area contributed by atoms with Gasteiger partial charge in [-0.2, -0.15) is 5.10 Å². The molecule has 108 valence electrons. The van der Waals surface area contributed by atoms with Gasteiger partial charge < -0.3 is 5.73 Å². The van der Waals surface area contributed by atoms with E-state index in [1.807, 2.05) is 6.92 Å². The average molecular weight is 359 g/mol. The lowest BCUT2D eigenvalue weighted by Gasteiger charge is -2.11. The largest absolute Gasteiger partial charge is 0.398 e. The van der Waals surface area contributed by atoms with Crippen LogP contribution in [0.5, 0.6) is 0 Å². The Labute approximate surface area is 125 Å². The number of aryl methyl sites for hydroxylation is 2. The molecule has 4 N–H and O–H groups in total. The number of hydrogen-bond donors (Lipinski definition) is 3. The van der Waals surface area contributed by atoms with Gasteiger partial charge in [0, 0.05) is 28.0 Å². The summed E-state index contributed by atoms with van der Waals surface area (Å²) in [6.07, 6.45) is 1.60. The molecular formula is C12H15BrN4O2S. The minimum atomic E-state index is -3.62. The van der Waals surface area contributed by atoms with Crippen LogP contribution in [-0.4, -0.2) is 18.6 Å². The average Bonchev–Trinajstić information content (AvgIpc) is 2.77. The third-order valence-corrected chi connectivity index (χ3v) is 5.20. The van der Waals surface area contributed by atoms with Crippen molar-refractivity contribution in [1.82, 2.24) is 14.9 Å². The Morgan fingerprint density at radius 3 is 2.70 bits per heavy atom. The molecule has 0 amide bonds. The molecule has 8 heteroatoms. The zero-order valence-corrected chi connectivity index (χ0v) is 13.5. The number of nitrogen functional groups attached to an aromatic ring is 1. The van der Waals surface area contributed by atoms with Crippen LogP contribution in [-0.2, 0) is 16.6 Å². The number of aromatic nitrogens is 2. The Hall–Kier alpha value is -1.38. The van der Waals surface area contributed by atoms with Crippen LogP contribution in [0.25, 0.3) is 0 Å². The fourth-order valence-corrected chi connectivity index (χ4v) is 3.49. The fourth-order valence-electron chi connectivity index (χ4n) is 1.76. The van der Waals surface area contributed by atoms with Gasteiger partial charge in [0.2, 0.25) is 10.0 Å². The smallest absolute Gasteiger partial charge is 0.241 e. The van der Waals surface area contributed by atoms with E-state index in [9.17, 15) is 8.42 Å². The SMILES string of the molecule is Cc1cc(Br)c(N)cc1S(=O)(=O)NCc1cn[nH]c1C. The van der Waals surface area contributed by atoms with E-state index in [4.69, 9.17) is 5.73 Å². The van der Waals surface area contributed by atoms with Crippen LogP contribution in [0, 0.1) is 13.8 Å². The normalized spacial score (nSPS) is 11.8. The summed E-state index contributed by atoms with van der Waals surface area (Å²) in [4.78, 5) is 0.180. The first-order valence-electron chi connectivity index (χ1n) is 5.85.